The fraction of sp³-hybridized carbons (Fsp3) is 0.200. The van der Waals surface area contributed by atoms with Gasteiger partial charge >= 0.3 is 11.7 Å². The maximum Gasteiger partial charge on any atom is 0.331 e. The second kappa shape index (κ2) is 10.0. The van der Waals surface area contributed by atoms with Crippen LogP contribution in [0.15, 0.2) is 42.5 Å². The molecule has 1 N–H and O–H groups in total. The Morgan fingerprint density at radius 3 is 2.33 bits per heavy atom. The van der Waals surface area contributed by atoms with Gasteiger partial charge in [-0.1, -0.05) is 0 Å². The number of hydrogen-bond acceptors (Lipinski definition) is 7. The molecule has 0 saturated carbocycles. The summed E-state index contributed by atoms with van der Waals surface area (Å²) >= 11 is 0. The SMILES string of the molecule is COc1cc(/C=C/C(=O)O[C@H](C)C(=O)Nc2ccc(F)c([N+](=O)[O-])c2)cc(OC)c1. The van der Waals surface area contributed by atoms with Crippen molar-refractivity contribution in [3.63, 3.8) is 0 Å². The van der Waals surface area contributed by atoms with Crippen molar-refractivity contribution in [2.45, 2.75) is 13.0 Å². The van der Waals surface area contributed by atoms with E-state index >= 15 is 0 Å². The van der Waals surface area contributed by atoms with Crippen molar-refractivity contribution in [3.05, 3.63) is 64.0 Å². The van der Waals surface area contributed by atoms with Gasteiger partial charge in [-0.2, -0.15) is 4.39 Å². The van der Waals surface area contributed by atoms with Gasteiger partial charge in [0.2, 0.25) is 5.82 Å². The van der Waals surface area contributed by atoms with Crippen LogP contribution in [0.25, 0.3) is 6.08 Å². The van der Waals surface area contributed by atoms with Crippen molar-refractivity contribution in [1.82, 2.24) is 0 Å². The molecule has 0 aromatic heterocycles. The van der Waals surface area contributed by atoms with Gasteiger partial charge in [0.05, 0.1) is 19.1 Å². The molecule has 2 aromatic rings. The summed E-state index contributed by atoms with van der Waals surface area (Å²) in [6, 6.07) is 7.90. The quantitative estimate of drug-likeness (QED) is 0.302. The Kier molecular flexibility index (Phi) is 7.45. The smallest absolute Gasteiger partial charge is 0.331 e. The molecule has 1 amide bonds. The number of nitrogens with one attached hydrogen (secondary N) is 1. The van der Waals surface area contributed by atoms with E-state index in [4.69, 9.17) is 14.2 Å². The van der Waals surface area contributed by atoms with Gasteiger partial charge in [0.1, 0.15) is 11.5 Å². The largest absolute Gasteiger partial charge is 0.497 e. The highest BCUT2D eigenvalue weighted by Gasteiger charge is 2.19. The maximum atomic E-state index is 13.4. The predicted molar refractivity (Wildman–Crippen MR) is 106 cm³/mol. The number of amides is 1. The highest BCUT2D eigenvalue weighted by atomic mass is 19.1. The summed E-state index contributed by atoms with van der Waals surface area (Å²) in [6.45, 7) is 1.33. The highest BCUT2D eigenvalue weighted by molar-refractivity contribution is 5.96. The number of methoxy groups -OCH3 is 2. The van der Waals surface area contributed by atoms with Crippen molar-refractivity contribution in [2.75, 3.05) is 19.5 Å². The number of ether oxygens (including phenoxy) is 3. The van der Waals surface area contributed by atoms with Crippen molar-refractivity contribution >= 4 is 29.3 Å². The van der Waals surface area contributed by atoms with Gasteiger partial charge in [-0.05, 0) is 42.8 Å². The minimum atomic E-state index is -1.20. The molecule has 0 fully saturated rings. The van der Waals surface area contributed by atoms with E-state index in [-0.39, 0.29) is 5.69 Å². The van der Waals surface area contributed by atoms with E-state index in [0.717, 1.165) is 24.3 Å². The summed E-state index contributed by atoms with van der Waals surface area (Å²) in [6.07, 6.45) is 1.38. The molecule has 0 heterocycles. The Bertz CT molecular complexity index is 969. The fourth-order valence-electron chi connectivity index (χ4n) is 2.33. The topological polar surface area (TPSA) is 117 Å². The second-order valence-electron chi connectivity index (χ2n) is 5.97. The van der Waals surface area contributed by atoms with Crippen LogP contribution in [0.5, 0.6) is 11.5 Å². The monoisotopic (exact) mass is 418 g/mol. The Balaban J connectivity index is 2.00. The summed E-state index contributed by atoms with van der Waals surface area (Å²) < 4.78 is 28.7. The first kappa shape index (κ1) is 22.3. The number of esters is 1. The normalized spacial score (nSPS) is 11.6. The van der Waals surface area contributed by atoms with E-state index in [1.54, 1.807) is 18.2 Å². The number of nitrogens with zero attached hydrogens (tertiary/aromatic N) is 1. The van der Waals surface area contributed by atoms with Crippen molar-refractivity contribution in [1.29, 1.82) is 0 Å². The van der Waals surface area contributed by atoms with E-state index in [1.165, 1.54) is 27.2 Å². The minimum Gasteiger partial charge on any atom is -0.497 e. The first-order valence-corrected chi connectivity index (χ1v) is 8.60. The molecule has 0 aliphatic carbocycles. The van der Waals surface area contributed by atoms with E-state index in [9.17, 15) is 24.1 Å². The van der Waals surface area contributed by atoms with Crippen LogP contribution in [0.3, 0.4) is 0 Å². The number of carbonyl (C=O) groups is 2. The molecule has 10 heteroatoms. The summed E-state index contributed by atoms with van der Waals surface area (Å²) in [5.74, 6) is -1.49. The van der Waals surface area contributed by atoms with Crippen LogP contribution in [0.1, 0.15) is 12.5 Å². The average Bonchev–Trinajstić information content (AvgIpc) is 2.72. The molecule has 9 nitrogen and oxygen atoms in total. The molecule has 1 atom stereocenters. The summed E-state index contributed by atoms with van der Waals surface area (Å²) in [5.41, 5.74) is -0.178. The average molecular weight is 418 g/mol. The van der Waals surface area contributed by atoms with Gasteiger partial charge < -0.3 is 19.5 Å². The second-order valence-corrected chi connectivity index (χ2v) is 5.97. The van der Waals surface area contributed by atoms with Crippen molar-refractivity contribution in [3.8, 4) is 11.5 Å². The van der Waals surface area contributed by atoms with Crippen LogP contribution in [0, 0.1) is 15.9 Å². The number of benzene rings is 2. The summed E-state index contributed by atoms with van der Waals surface area (Å²) in [5, 5.41) is 13.1. The van der Waals surface area contributed by atoms with Gasteiger partial charge in [0.25, 0.3) is 5.91 Å². The molecule has 2 aromatic carbocycles. The summed E-state index contributed by atoms with van der Waals surface area (Å²) in [7, 11) is 2.99. The van der Waals surface area contributed by atoms with Crippen molar-refractivity contribution < 1.29 is 33.1 Å². The molecule has 0 saturated heterocycles. The lowest BCUT2D eigenvalue weighted by atomic mass is 10.2. The maximum absolute atomic E-state index is 13.4. The third kappa shape index (κ3) is 6.03. The standard InChI is InChI=1S/C20H19FN2O7/c1-12(20(25)22-14-5-6-17(21)18(10-14)23(26)27)30-19(24)7-4-13-8-15(28-2)11-16(9-13)29-3/h4-12H,1-3H3,(H,22,25)/b7-4+/t12-/m1/s1. The molecule has 2 rings (SSSR count). The summed E-state index contributed by atoms with van der Waals surface area (Å²) in [4.78, 5) is 34.0. The first-order valence-electron chi connectivity index (χ1n) is 8.60. The molecule has 0 bridgehead atoms. The molecule has 0 unspecified atom stereocenters. The Labute approximate surface area is 171 Å². The molecule has 30 heavy (non-hydrogen) atoms. The molecular weight excluding hydrogens is 399 g/mol. The lowest BCUT2D eigenvalue weighted by Crippen LogP contribution is -2.29. The molecule has 158 valence electrons. The zero-order chi connectivity index (χ0) is 22.3. The van der Waals surface area contributed by atoms with E-state index in [0.29, 0.717) is 17.1 Å². The van der Waals surface area contributed by atoms with Crippen LogP contribution in [0.4, 0.5) is 15.8 Å². The number of hydrogen-bond donors (Lipinski definition) is 1. The molecular formula is C20H19FN2O7. The Hall–Kier alpha value is -3.95. The Morgan fingerprint density at radius 2 is 1.77 bits per heavy atom. The van der Waals surface area contributed by atoms with Gasteiger partial charge in [0.15, 0.2) is 6.10 Å². The molecule has 0 spiro atoms. The zero-order valence-corrected chi connectivity index (χ0v) is 16.4. The number of anilines is 1. The van der Waals surface area contributed by atoms with Crippen molar-refractivity contribution in [2.24, 2.45) is 0 Å². The molecule has 0 aliphatic rings. The number of nitro groups is 1. The molecule has 0 aliphatic heterocycles. The number of rotatable bonds is 8. The van der Waals surface area contributed by atoms with Gasteiger partial charge in [0, 0.05) is 23.9 Å². The lowest BCUT2D eigenvalue weighted by molar-refractivity contribution is -0.387. The molecule has 0 radical (unpaired) electrons. The zero-order valence-electron chi connectivity index (χ0n) is 16.4. The minimum absolute atomic E-state index is 0.00461. The van der Waals surface area contributed by atoms with Crippen LogP contribution in [0.2, 0.25) is 0 Å². The van der Waals surface area contributed by atoms with Crippen LogP contribution < -0.4 is 14.8 Å². The Morgan fingerprint density at radius 1 is 1.13 bits per heavy atom. The number of nitro benzene ring substituents is 1. The third-order valence-corrected chi connectivity index (χ3v) is 3.86. The van der Waals surface area contributed by atoms with Gasteiger partial charge in [-0.25, -0.2) is 4.79 Å². The number of halogens is 1. The van der Waals surface area contributed by atoms with E-state index < -0.39 is 34.4 Å². The highest BCUT2D eigenvalue weighted by Crippen LogP contribution is 2.24. The predicted octanol–water partition coefficient (Wildman–Crippen LogP) is 3.33. The third-order valence-electron chi connectivity index (χ3n) is 3.86. The lowest BCUT2D eigenvalue weighted by Gasteiger charge is -2.12. The van der Waals surface area contributed by atoms with Gasteiger partial charge in [-0.3, -0.25) is 14.9 Å². The fourth-order valence-corrected chi connectivity index (χ4v) is 2.33. The van der Waals surface area contributed by atoms with E-state index in [1.807, 2.05) is 0 Å². The van der Waals surface area contributed by atoms with Crippen LogP contribution in [-0.2, 0) is 14.3 Å². The first-order chi connectivity index (χ1) is 14.2. The van der Waals surface area contributed by atoms with Gasteiger partial charge in [-0.15, -0.1) is 0 Å². The van der Waals surface area contributed by atoms with Crippen LogP contribution in [-0.4, -0.2) is 37.1 Å². The van der Waals surface area contributed by atoms with E-state index in [2.05, 4.69) is 5.32 Å². The van der Waals surface area contributed by atoms with Crippen LogP contribution >= 0.6 is 0 Å². The number of carbonyl (C=O) groups excluding carboxylic acids is 2.